The maximum atomic E-state index is 11.7. The summed E-state index contributed by atoms with van der Waals surface area (Å²) in [7, 11) is 0. The molecule has 15 heavy (non-hydrogen) atoms. The Morgan fingerprint density at radius 3 is 2.53 bits per heavy atom. The fourth-order valence-corrected chi connectivity index (χ4v) is 3.84. The van der Waals surface area contributed by atoms with Crippen LogP contribution >= 0.6 is 11.8 Å². The molecule has 3 N–H and O–H groups in total. The van der Waals surface area contributed by atoms with E-state index in [1.54, 1.807) is 6.92 Å². The van der Waals surface area contributed by atoms with Gasteiger partial charge in [0.1, 0.15) is 17.0 Å². The van der Waals surface area contributed by atoms with Crippen LogP contribution in [0.1, 0.15) is 20.8 Å². The zero-order chi connectivity index (χ0) is 11.6. The van der Waals surface area contributed by atoms with Gasteiger partial charge in [-0.1, -0.05) is 0 Å². The quantitative estimate of drug-likeness (QED) is 0.612. The average Bonchev–Trinajstić information content (AvgIpc) is 2.35. The molecular weight excluding hydrogens is 216 g/mol. The number of nitrogens with two attached hydrogens (primary N) is 1. The van der Waals surface area contributed by atoms with Crippen molar-refractivity contribution in [3.8, 4) is 0 Å². The molecular formula is C9H14N2O3S. The molecule has 84 valence electrons. The molecule has 0 saturated carbocycles. The van der Waals surface area contributed by atoms with Crippen LogP contribution < -0.4 is 5.73 Å². The lowest BCUT2D eigenvalue weighted by Gasteiger charge is -2.48. The number of carboxylic acids is 1. The van der Waals surface area contributed by atoms with Crippen LogP contribution in [0.3, 0.4) is 0 Å². The largest absolute Gasteiger partial charge is 0.480 e. The number of thioether (sulfide) groups is 1. The maximum absolute atomic E-state index is 11.7. The van der Waals surface area contributed by atoms with Gasteiger partial charge in [-0.05, 0) is 20.8 Å². The number of carboxylic acid groups (broad SMARTS) is 1. The van der Waals surface area contributed by atoms with E-state index in [0.29, 0.717) is 0 Å². The van der Waals surface area contributed by atoms with Gasteiger partial charge in [0.05, 0.1) is 0 Å². The van der Waals surface area contributed by atoms with Gasteiger partial charge in [-0.3, -0.25) is 4.79 Å². The number of β-lactam (4-membered cyclic amide) rings is 1. The molecule has 2 rings (SSSR count). The Morgan fingerprint density at radius 2 is 2.07 bits per heavy atom. The van der Waals surface area contributed by atoms with Gasteiger partial charge in [0.15, 0.2) is 0 Å². The first-order valence-corrected chi connectivity index (χ1v) is 5.60. The fourth-order valence-electron chi connectivity index (χ4n) is 2.25. The van der Waals surface area contributed by atoms with E-state index >= 15 is 0 Å². The first-order chi connectivity index (χ1) is 6.69. The predicted octanol–water partition coefficient (Wildman–Crippen LogP) is -0.149. The number of carbonyl (C=O) groups is 2. The zero-order valence-electron chi connectivity index (χ0n) is 8.85. The molecule has 0 aromatic heterocycles. The summed E-state index contributed by atoms with van der Waals surface area (Å²) in [5, 5.41) is 8.90. The number of carbonyl (C=O) groups excluding carboxylic acids is 1. The molecule has 2 heterocycles. The van der Waals surface area contributed by atoms with Gasteiger partial charge in [0.25, 0.3) is 0 Å². The first kappa shape index (κ1) is 10.8. The summed E-state index contributed by atoms with van der Waals surface area (Å²) in [5.41, 5.74) is 4.92. The van der Waals surface area contributed by atoms with Crippen molar-refractivity contribution in [2.45, 2.75) is 42.5 Å². The van der Waals surface area contributed by atoms with Crippen molar-refractivity contribution < 1.29 is 14.7 Å². The lowest BCUT2D eigenvalue weighted by molar-refractivity contribution is -0.164. The van der Waals surface area contributed by atoms with Crippen LogP contribution in [0.25, 0.3) is 0 Å². The summed E-state index contributed by atoms with van der Waals surface area (Å²) in [5.74, 6) is -1.23. The van der Waals surface area contributed by atoms with Crippen LogP contribution in [0.15, 0.2) is 0 Å². The molecule has 0 bridgehead atoms. The topological polar surface area (TPSA) is 83.6 Å². The van der Waals surface area contributed by atoms with Crippen LogP contribution in [-0.4, -0.2) is 43.6 Å². The van der Waals surface area contributed by atoms with Crippen LogP contribution in [-0.2, 0) is 9.59 Å². The summed E-state index contributed by atoms with van der Waals surface area (Å²) in [6, 6.07) is -0.767. The molecule has 1 amide bonds. The second-order valence-corrected chi connectivity index (χ2v) is 6.54. The van der Waals surface area contributed by atoms with Gasteiger partial charge in [0.2, 0.25) is 5.91 Å². The van der Waals surface area contributed by atoms with Crippen molar-refractivity contribution in [3.05, 3.63) is 0 Å². The predicted molar refractivity (Wildman–Crippen MR) is 56.3 cm³/mol. The van der Waals surface area contributed by atoms with Crippen molar-refractivity contribution in [3.63, 3.8) is 0 Å². The summed E-state index contributed by atoms with van der Waals surface area (Å²) in [6.07, 6.45) is 0. The number of amides is 1. The average molecular weight is 230 g/mol. The van der Waals surface area contributed by atoms with Crippen molar-refractivity contribution >= 4 is 23.6 Å². The Hall–Kier alpha value is -0.750. The molecule has 0 spiro atoms. The number of hydrogen-bond acceptors (Lipinski definition) is 4. The number of rotatable bonds is 1. The molecule has 0 radical (unpaired) electrons. The number of hydrogen-bond donors (Lipinski definition) is 2. The smallest absolute Gasteiger partial charge is 0.327 e. The molecule has 2 fully saturated rings. The van der Waals surface area contributed by atoms with Gasteiger partial charge < -0.3 is 15.7 Å². The summed E-state index contributed by atoms with van der Waals surface area (Å²) in [6.45, 7) is 5.32. The van der Waals surface area contributed by atoms with Crippen molar-refractivity contribution in [1.29, 1.82) is 0 Å². The molecule has 0 aromatic rings. The Labute approximate surface area is 92.0 Å². The van der Waals surface area contributed by atoms with Crippen LogP contribution in [0.2, 0.25) is 0 Å². The zero-order valence-corrected chi connectivity index (χ0v) is 9.67. The molecule has 0 aliphatic carbocycles. The summed E-state index contributed by atoms with van der Waals surface area (Å²) >= 11 is 1.46. The molecule has 2 aliphatic heterocycles. The minimum Gasteiger partial charge on any atom is -0.480 e. The highest BCUT2D eigenvalue weighted by atomic mass is 32.2. The Balaban J connectivity index is 2.37. The molecule has 6 heteroatoms. The molecule has 2 aliphatic rings. The van der Waals surface area contributed by atoms with E-state index in [9.17, 15) is 9.59 Å². The second kappa shape index (κ2) is 2.68. The third kappa shape index (κ3) is 1.15. The van der Waals surface area contributed by atoms with Gasteiger partial charge in [-0.15, -0.1) is 11.8 Å². The monoisotopic (exact) mass is 230 g/mol. The lowest BCUT2D eigenvalue weighted by atomic mass is 9.87. The number of fused-ring (bicyclic) bond motifs is 1. The Bertz CT molecular complexity index is 353. The second-order valence-electron chi connectivity index (χ2n) is 4.81. The minimum absolute atomic E-state index is 0.207. The van der Waals surface area contributed by atoms with E-state index in [0.717, 1.165) is 0 Å². The summed E-state index contributed by atoms with van der Waals surface area (Å²) in [4.78, 5) is 24.2. The van der Waals surface area contributed by atoms with E-state index in [-0.39, 0.29) is 11.3 Å². The van der Waals surface area contributed by atoms with E-state index < -0.39 is 22.3 Å². The molecule has 0 aromatic carbocycles. The van der Waals surface area contributed by atoms with Crippen molar-refractivity contribution in [2.24, 2.45) is 5.73 Å². The standard InChI is InChI=1S/C9H14N2O3S/c1-8(2)4(5(12)13)11-6(14)9(3,10)7(11)15-8/h4,7H,10H2,1-3H3,(H,12,13)/t4-,7+,9-/m0/s1. The van der Waals surface area contributed by atoms with E-state index in [1.165, 1.54) is 16.7 Å². The van der Waals surface area contributed by atoms with E-state index in [4.69, 9.17) is 10.8 Å². The van der Waals surface area contributed by atoms with Crippen LogP contribution in [0, 0.1) is 0 Å². The SMILES string of the molecule is CC1(C)S[C@H]2N(C(=O)[C@]2(C)N)[C@H]1C(=O)O. The first-order valence-electron chi connectivity index (χ1n) is 4.72. The van der Waals surface area contributed by atoms with Gasteiger partial charge in [-0.25, -0.2) is 4.79 Å². The van der Waals surface area contributed by atoms with E-state index in [1.807, 2.05) is 13.8 Å². The maximum Gasteiger partial charge on any atom is 0.327 e. The van der Waals surface area contributed by atoms with Gasteiger partial charge in [0, 0.05) is 4.75 Å². The van der Waals surface area contributed by atoms with E-state index in [2.05, 4.69) is 0 Å². The summed E-state index contributed by atoms with van der Waals surface area (Å²) < 4.78 is -0.483. The normalized spacial score (nSPS) is 42.4. The minimum atomic E-state index is -0.959. The van der Waals surface area contributed by atoms with Crippen molar-refractivity contribution in [1.82, 2.24) is 4.90 Å². The molecule has 3 atom stereocenters. The van der Waals surface area contributed by atoms with Crippen molar-refractivity contribution in [2.75, 3.05) is 0 Å². The number of aliphatic carboxylic acids is 1. The van der Waals surface area contributed by atoms with Gasteiger partial charge in [-0.2, -0.15) is 0 Å². The highest BCUT2D eigenvalue weighted by Gasteiger charge is 2.68. The third-order valence-electron chi connectivity index (χ3n) is 3.05. The highest BCUT2D eigenvalue weighted by Crippen LogP contribution is 2.53. The Morgan fingerprint density at radius 1 is 1.53 bits per heavy atom. The fraction of sp³-hybridized carbons (Fsp3) is 0.778. The lowest BCUT2D eigenvalue weighted by Crippen LogP contribution is -2.76. The molecule has 5 nitrogen and oxygen atoms in total. The highest BCUT2D eigenvalue weighted by molar-refractivity contribution is 8.01. The third-order valence-corrected chi connectivity index (χ3v) is 4.82. The molecule has 0 unspecified atom stereocenters. The Kier molecular flexibility index (Phi) is 1.92. The van der Waals surface area contributed by atoms with Crippen LogP contribution in [0.5, 0.6) is 0 Å². The van der Waals surface area contributed by atoms with Crippen LogP contribution in [0.4, 0.5) is 0 Å². The molecule has 2 saturated heterocycles. The van der Waals surface area contributed by atoms with Gasteiger partial charge >= 0.3 is 5.97 Å². The number of nitrogens with zero attached hydrogens (tertiary/aromatic N) is 1.